The Hall–Kier alpha value is -2.21. The second-order valence-electron chi connectivity index (χ2n) is 4.85. The zero-order valence-electron chi connectivity index (χ0n) is 12.3. The summed E-state index contributed by atoms with van der Waals surface area (Å²) < 4.78 is 0. The number of rotatable bonds is 4. The molecular formula is C15H17N5S. The van der Waals surface area contributed by atoms with Crippen molar-refractivity contribution in [2.24, 2.45) is 0 Å². The number of anilines is 2. The number of aromatic nitrogens is 3. The van der Waals surface area contributed by atoms with E-state index in [1.807, 2.05) is 32.2 Å². The highest BCUT2D eigenvalue weighted by atomic mass is 32.1. The lowest BCUT2D eigenvalue weighted by atomic mass is 10.3. The first-order valence-electron chi connectivity index (χ1n) is 6.78. The average molecular weight is 299 g/mol. The number of nitrogens with zero attached hydrogens (tertiary/aromatic N) is 3. The van der Waals surface area contributed by atoms with Gasteiger partial charge in [0.05, 0.1) is 17.6 Å². The molecule has 0 saturated carbocycles. The molecule has 0 fully saturated rings. The lowest BCUT2D eigenvalue weighted by molar-refractivity contribution is 1.00. The molecular weight excluding hydrogens is 282 g/mol. The van der Waals surface area contributed by atoms with Crippen molar-refractivity contribution in [2.45, 2.75) is 20.4 Å². The van der Waals surface area contributed by atoms with E-state index in [1.165, 1.54) is 4.88 Å². The van der Waals surface area contributed by atoms with E-state index in [9.17, 15) is 0 Å². The summed E-state index contributed by atoms with van der Waals surface area (Å²) in [5, 5.41) is 7.44. The molecule has 0 atom stereocenters. The zero-order chi connectivity index (χ0) is 14.8. The maximum atomic E-state index is 4.52. The molecule has 3 aromatic rings. The maximum absolute atomic E-state index is 4.52. The third-order valence-corrected chi connectivity index (χ3v) is 4.07. The Labute approximate surface area is 127 Å². The molecule has 21 heavy (non-hydrogen) atoms. The van der Waals surface area contributed by atoms with Crippen LogP contribution >= 0.6 is 11.3 Å². The zero-order valence-corrected chi connectivity index (χ0v) is 13.1. The van der Waals surface area contributed by atoms with E-state index in [-0.39, 0.29) is 0 Å². The van der Waals surface area contributed by atoms with Gasteiger partial charge in [0.15, 0.2) is 0 Å². The van der Waals surface area contributed by atoms with Gasteiger partial charge in [-0.1, -0.05) is 6.07 Å². The standard InChI is InChI=1S/C15H17N5S/c1-9-5-4-6-11(18-9)8-17-13-12-7-10(2)21-14(12)20-15(16-3)19-13/h4-7H,8H2,1-3H3,(H2,16,17,19,20). The Balaban J connectivity index is 1.92. The first kappa shape index (κ1) is 13.8. The van der Waals surface area contributed by atoms with E-state index in [1.54, 1.807) is 11.3 Å². The highest BCUT2D eigenvalue weighted by Crippen LogP contribution is 2.29. The molecule has 0 bridgehead atoms. The van der Waals surface area contributed by atoms with Crippen LogP contribution in [-0.4, -0.2) is 22.0 Å². The van der Waals surface area contributed by atoms with Gasteiger partial charge in [-0.3, -0.25) is 4.98 Å². The Morgan fingerprint density at radius 2 is 2.00 bits per heavy atom. The molecule has 0 saturated heterocycles. The molecule has 0 spiro atoms. The number of pyridine rings is 1. The number of hydrogen-bond acceptors (Lipinski definition) is 6. The molecule has 5 nitrogen and oxygen atoms in total. The molecule has 3 heterocycles. The fraction of sp³-hybridized carbons (Fsp3) is 0.267. The van der Waals surface area contributed by atoms with Crippen LogP contribution in [0, 0.1) is 13.8 Å². The molecule has 3 aromatic heterocycles. The molecule has 0 aliphatic carbocycles. The van der Waals surface area contributed by atoms with Crippen LogP contribution in [0.2, 0.25) is 0 Å². The first-order chi connectivity index (χ1) is 10.2. The number of aryl methyl sites for hydroxylation is 2. The van der Waals surface area contributed by atoms with Gasteiger partial charge in [0.25, 0.3) is 0 Å². The van der Waals surface area contributed by atoms with Crippen LogP contribution in [0.4, 0.5) is 11.8 Å². The van der Waals surface area contributed by atoms with Crippen LogP contribution < -0.4 is 10.6 Å². The summed E-state index contributed by atoms with van der Waals surface area (Å²) in [6.07, 6.45) is 0. The first-order valence-corrected chi connectivity index (χ1v) is 7.59. The third-order valence-electron chi connectivity index (χ3n) is 3.12. The Morgan fingerprint density at radius 1 is 1.14 bits per heavy atom. The van der Waals surface area contributed by atoms with Gasteiger partial charge in [0.2, 0.25) is 5.95 Å². The summed E-state index contributed by atoms with van der Waals surface area (Å²) in [7, 11) is 1.83. The summed E-state index contributed by atoms with van der Waals surface area (Å²) in [6, 6.07) is 8.14. The maximum Gasteiger partial charge on any atom is 0.225 e. The van der Waals surface area contributed by atoms with Crippen molar-refractivity contribution in [1.82, 2.24) is 15.0 Å². The molecule has 0 aliphatic rings. The molecule has 2 N–H and O–H groups in total. The van der Waals surface area contributed by atoms with Gasteiger partial charge in [0.1, 0.15) is 10.6 Å². The van der Waals surface area contributed by atoms with E-state index in [0.717, 1.165) is 27.4 Å². The predicted molar refractivity (Wildman–Crippen MR) is 88.0 cm³/mol. The number of fused-ring (bicyclic) bond motifs is 1. The summed E-state index contributed by atoms with van der Waals surface area (Å²) in [4.78, 5) is 15.7. The van der Waals surface area contributed by atoms with Gasteiger partial charge in [-0.05, 0) is 32.0 Å². The minimum Gasteiger partial charge on any atom is -0.364 e. The Kier molecular flexibility index (Phi) is 3.70. The van der Waals surface area contributed by atoms with Gasteiger partial charge in [-0.2, -0.15) is 4.98 Å². The minimum absolute atomic E-state index is 0.629. The van der Waals surface area contributed by atoms with Gasteiger partial charge in [-0.25, -0.2) is 4.98 Å². The van der Waals surface area contributed by atoms with Crippen molar-refractivity contribution in [1.29, 1.82) is 0 Å². The highest BCUT2D eigenvalue weighted by molar-refractivity contribution is 7.18. The quantitative estimate of drug-likeness (QED) is 0.773. The van der Waals surface area contributed by atoms with Crippen molar-refractivity contribution in [3.8, 4) is 0 Å². The van der Waals surface area contributed by atoms with Gasteiger partial charge >= 0.3 is 0 Å². The van der Waals surface area contributed by atoms with Crippen LogP contribution in [0.1, 0.15) is 16.3 Å². The minimum atomic E-state index is 0.629. The number of nitrogens with one attached hydrogen (secondary N) is 2. The van der Waals surface area contributed by atoms with E-state index >= 15 is 0 Å². The average Bonchev–Trinajstić information content (AvgIpc) is 2.85. The predicted octanol–water partition coefficient (Wildman–Crippen LogP) is 3.36. The lowest BCUT2D eigenvalue weighted by Gasteiger charge is -2.08. The SMILES string of the molecule is CNc1nc(NCc2cccc(C)n2)c2cc(C)sc2n1. The van der Waals surface area contributed by atoms with E-state index in [2.05, 4.69) is 38.6 Å². The van der Waals surface area contributed by atoms with Gasteiger partial charge in [0, 0.05) is 17.6 Å². The van der Waals surface area contributed by atoms with Crippen LogP contribution in [0.25, 0.3) is 10.2 Å². The fourth-order valence-electron chi connectivity index (χ4n) is 2.16. The third kappa shape index (κ3) is 2.95. The molecule has 0 unspecified atom stereocenters. The Morgan fingerprint density at radius 3 is 2.76 bits per heavy atom. The van der Waals surface area contributed by atoms with Gasteiger partial charge in [-0.15, -0.1) is 11.3 Å². The normalized spacial score (nSPS) is 10.8. The fourth-order valence-corrected chi connectivity index (χ4v) is 3.04. The largest absolute Gasteiger partial charge is 0.364 e. The van der Waals surface area contributed by atoms with Crippen molar-refractivity contribution < 1.29 is 0 Å². The second-order valence-corrected chi connectivity index (χ2v) is 6.08. The van der Waals surface area contributed by atoms with Crippen molar-refractivity contribution >= 4 is 33.3 Å². The summed E-state index contributed by atoms with van der Waals surface area (Å²) in [5.74, 6) is 1.47. The number of thiophene rings is 1. The molecule has 0 aromatic carbocycles. The molecule has 0 aliphatic heterocycles. The molecule has 3 rings (SSSR count). The molecule has 0 amide bonds. The number of hydrogen-bond donors (Lipinski definition) is 2. The Bertz CT molecular complexity index is 781. The lowest BCUT2D eigenvalue weighted by Crippen LogP contribution is -2.06. The highest BCUT2D eigenvalue weighted by Gasteiger charge is 2.10. The van der Waals surface area contributed by atoms with Crippen LogP contribution in [0.15, 0.2) is 24.3 Å². The summed E-state index contributed by atoms with van der Waals surface area (Å²) in [5.41, 5.74) is 2.02. The molecule has 0 radical (unpaired) electrons. The van der Waals surface area contributed by atoms with Crippen molar-refractivity contribution in [3.05, 3.63) is 40.5 Å². The summed E-state index contributed by atoms with van der Waals surface area (Å²) >= 11 is 1.67. The van der Waals surface area contributed by atoms with E-state index < -0.39 is 0 Å². The molecule has 6 heteroatoms. The monoisotopic (exact) mass is 299 g/mol. The summed E-state index contributed by atoms with van der Waals surface area (Å²) in [6.45, 7) is 4.72. The van der Waals surface area contributed by atoms with Crippen LogP contribution in [-0.2, 0) is 6.54 Å². The van der Waals surface area contributed by atoms with Crippen LogP contribution in [0.5, 0.6) is 0 Å². The van der Waals surface area contributed by atoms with Crippen LogP contribution in [0.3, 0.4) is 0 Å². The van der Waals surface area contributed by atoms with E-state index in [4.69, 9.17) is 0 Å². The molecule has 108 valence electrons. The topological polar surface area (TPSA) is 62.7 Å². The van der Waals surface area contributed by atoms with E-state index in [0.29, 0.717) is 12.5 Å². The smallest absolute Gasteiger partial charge is 0.225 e. The van der Waals surface area contributed by atoms with Gasteiger partial charge < -0.3 is 10.6 Å². The van der Waals surface area contributed by atoms with Crippen molar-refractivity contribution in [2.75, 3.05) is 17.7 Å². The van der Waals surface area contributed by atoms with Crippen molar-refractivity contribution in [3.63, 3.8) is 0 Å². The second kappa shape index (κ2) is 5.65.